The first-order chi connectivity index (χ1) is 24.5. The van der Waals surface area contributed by atoms with Gasteiger partial charge in [-0.1, -0.05) is 96.1 Å². The number of benzene rings is 3. The van der Waals surface area contributed by atoms with Crippen LogP contribution in [0.2, 0.25) is 0 Å². The first-order valence-corrected chi connectivity index (χ1v) is 17.5. The highest BCUT2D eigenvalue weighted by molar-refractivity contribution is 5.95. The minimum absolute atomic E-state index is 0.0139. The van der Waals surface area contributed by atoms with Crippen LogP contribution in [0.4, 0.5) is 4.79 Å². The second-order valence-electron chi connectivity index (χ2n) is 14.3. The second-order valence-corrected chi connectivity index (χ2v) is 14.3. The van der Waals surface area contributed by atoms with Gasteiger partial charge in [0, 0.05) is 31.0 Å². The molecule has 0 radical (unpaired) electrons. The van der Waals surface area contributed by atoms with Crippen molar-refractivity contribution >= 4 is 23.8 Å². The molecule has 2 saturated heterocycles. The van der Waals surface area contributed by atoms with Gasteiger partial charge >= 0.3 is 6.09 Å². The largest absolute Gasteiger partial charge is 0.444 e. The third-order valence-electron chi connectivity index (χ3n) is 9.62. The van der Waals surface area contributed by atoms with Crippen LogP contribution < -0.4 is 10.6 Å². The zero-order valence-electron chi connectivity index (χ0n) is 29.6. The van der Waals surface area contributed by atoms with E-state index < -0.39 is 53.6 Å². The summed E-state index contributed by atoms with van der Waals surface area (Å²) in [4.78, 5) is 62.1. The number of ether oxygens (including phenoxy) is 1. The van der Waals surface area contributed by atoms with Gasteiger partial charge in [0.2, 0.25) is 17.7 Å². The number of rotatable bonds is 11. The predicted octanol–water partition coefficient (Wildman–Crippen LogP) is 5.94. The number of carbonyl (C=O) groups excluding carboxylic acids is 4. The van der Waals surface area contributed by atoms with Crippen molar-refractivity contribution in [2.45, 2.75) is 88.7 Å². The van der Waals surface area contributed by atoms with Crippen LogP contribution in [0.15, 0.2) is 96.1 Å². The summed E-state index contributed by atoms with van der Waals surface area (Å²) < 4.78 is 5.60. The van der Waals surface area contributed by atoms with Crippen LogP contribution in [-0.4, -0.2) is 77.0 Å². The van der Waals surface area contributed by atoms with Crippen molar-refractivity contribution in [3.8, 4) is 0 Å². The lowest BCUT2D eigenvalue weighted by Gasteiger charge is -2.34. The van der Waals surface area contributed by atoms with Crippen molar-refractivity contribution in [3.63, 3.8) is 0 Å². The van der Waals surface area contributed by atoms with E-state index in [0.717, 1.165) is 16.7 Å². The molecule has 5 atom stereocenters. The third-order valence-corrected chi connectivity index (χ3v) is 9.62. The SMILES string of the molecule is CN(C(=O)OC(C)(C)C)[C@H](Cc1ccccc1)C(=O)N[C@@H]1C(=O)N2[C@@H](CC[C@@H]1CN=[N+]=[N-])CC[C@H]2C(=O)NC(c1ccccc1)c1ccccc1. The quantitative estimate of drug-likeness (QED) is 0.145. The number of nitrogens with one attached hydrogen (secondary N) is 2. The Labute approximate surface area is 299 Å². The first-order valence-electron chi connectivity index (χ1n) is 17.5. The predicted molar refractivity (Wildman–Crippen MR) is 193 cm³/mol. The number of nitrogens with zero attached hydrogens (tertiary/aromatic N) is 5. The standard InChI is InChI=1S/C39H47N7O5/c1-39(2,3)51-38(50)45(4)32(24-26-14-8-5-9-15-26)36(48)43-34-29(25-41-44-40)20-21-30-22-23-31(46(30)37(34)49)35(47)42-33(27-16-10-6-11-17-27)28-18-12-7-13-19-28/h5-19,29-34H,20-25H2,1-4H3,(H,42,47)(H,43,48)/t29-,30+,31+,32-,34+/m1/s1. The van der Waals surface area contributed by atoms with E-state index in [0.29, 0.717) is 25.7 Å². The number of amides is 4. The highest BCUT2D eigenvalue weighted by Crippen LogP contribution is 2.35. The Balaban J connectivity index is 1.43. The summed E-state index contributed by atoms with van der Waals surface area (Å²) in [5.74, 6) is -1.76. The van der Waals surface area contributed by atoms with Crippen LogP contribution in [0.3, 0.4) is 0 Å². The first kappa shape index (κ1) is 36.9. The summed E-state index contributed by atoms with van der Waals surface area (Å²) >= 11 is 0. The Hall–Kier alpha value is -5.35. The maximum Gasteiger partial charge on any atom is 0.410 e. The average Bonchev–Trinajstić information content (AvgIpc) is 3.51. The van der Waals surface area contributed by atoms with Gasteiger partial charge in [-0.25, -0.2) is 4.79 Å². The van der Waals surface area contributed by atoms with Gasteiger partial charge in [0.05, 0.1) is 6.04 Å². The van der Waals surface area contributed by atoms with Crippen LogP contribution in [-0.2, 0) is 25.5 Å². The molecule has 2 aliphatic rings. The molecule has 0 spiro atoms. The molecule has 4 amide bonds. The van der Waals surface area contributed by atoms with Gasteiger partial charge < -0.3 is 20.3 Å². The van der Waals surface area contributed by atoms with Crippen LogP contribution in [0.1, 0.15) is 69.2 Å². The summed E-state index contributed by atoms with van der Waals surface area (Å²) in [6, 6.07) is 25.1. The van der Waals surface area contributed by atoms with Gasteiger partial charge in [-0.2, -0.15) is 0 Å². The van der Waals surface area contributed by atoms with E-state index in [4.69, 9.17) is 4.74 Å². The molecular weight excluding hydrogens is 646 g/mol. The molecule has 0 aliphatic carbocycles. The van der Waals surface area contributed by atoms with Crippen LogP contribution in [0.25, 0.3) is 10.4 Å². The fourth-order valence-electron chi connectivity index (χ4n) is 7.05. The van der Waals surface area contributed by atoms with E-state index in [1.807, 2.05) is 91.0 Å². The topological polar surface area (TPSA) is 157 Å². The molecule has 2 fully saturated rings. The van der Waals surface area contributed by atoms with Gasteiger partial charge in [-0.15, -0.1) is 0 Å². The average molecular weight is 694 g/mol. The number of azide groups is 1. The van der Waals surface area contributed by atoms with Crippen molar-refractivity contribution in [2.75, 3.05) is 13.6 Å². The van der Waals surface area contributed by atoms with Crippen LogP contribution in [0.5, 0.6) is 0 Å². The Bertz CT molecular complexity index is 1670. The van der Waals surface area contributed by atoms with Crippen molar-refractivity contribution in [3.05, 3.63) is 118 Å². The molecule has 268 valence electrons. The van der Waals surface area contributed by atoms with Crippen molar-refractivity contribution < 1.29 is 23.9 Å². The number of hydrogen-bond acceptors (Lipinski definition) is 6. The smallest absolute Gasteiger partial charge is 0.410 e. The molecule has 0 saturated carbocycles. The van der Waals surface area contributed by atoms with Crippen LogP contribution in [0, 0.1) is 5.92 Å². The van der Waals surface area contributed by atoms with Crippen molar-refractivity contribution in [1.82, 2.24) is 20.4 Å². The lowest BCUT2D eigenvalue weighted by atomic mass is 9.92. The van der Waals surface area contributed by atoms with Gasteiger partial charge in [0.1, 0.15) is 23.7 Å². The molecular formula is C39H47N7O5. The van der Waals surface area contributed by atoms with Crippen molar-refractivity contribution in [1.29, 1.82) is 0 Å². The summed E-state index contributed by atoms with van der Waals surface area (Å²) in [6.45, 7) is 5.23. The number of fused-ring (bicyclic) bond motifs is 1. The van der Waals surface area contributed by atoms with E-state index in [1.54, 1.807) is 25.7 Å². The van der Waals surface area contributed by atoms with Crippen molar-refractivity contribution in [2.24, 2.45) is 11.0 Å². The Kier molecular flexibility index (Phi) is 12.0. The lowest BCUT2D eigenvalue weighted by Crippen LogP contribution is -2.59. The molecule has 2 heterocycles. The van der Waals surface area contributed by atoms with Crippen LogP contribution >= 0.6 is 0 Å². The minimum Gasteiger partial charge on any atom is -0.444 e. The summed E-state index contributed by atoms with van der Waals surface area (Å²) in [5.41, 5.74) is 11.0. The Morgan fingerprint density at radius 3 is 2.06 bits per heavy atom. The summed E-state index contributed by atoms with van der Waals surface area (Å²) in [7, 11) is 1.50. The van der Waals surface area contributed by atoms with E-state index >= 15 is 0 Å². The Morgan fingerprint density at radius 1 is 0.922 bits per heavy atom. The van der Waals surface area contributed by atoms with Gasteiger partial charge in [-0.3, -0.25) is 19.3 Å². The second kappa shape index (κ2) is 16.6. The molecule has 12 nitrogen and oxygen atoms in total. The highest BCUT2D eigenvalue weighted by atomic mass is 16.6. The fraction of sp³-hybridized carbons (Fsp3) is 0.436. The maximum absolute atomic E-state index is 14.6. The molecule has 0 aromatic heterocycles. The number of carbonyl (C=O) groups is 4. The van der Waals surface area contributed by atoms with E-state index in [9.17, 15) is 24.7 Å². The molecule has 12 heteroatoms. The minimum atomic E-state index is -1.09. The monoisotopic (exact) mass is 693 g/mol. The fourth-order valence-corrected chi connectivity index (χ4v) is 7.05. The summed E-state index contributed by atoms with van der Waals surface area (Å²) in [5, 5.41) is 9.96. The normalized spacial score (nSPS) is 20.7. The third kappa shape index (κ3) is 9.26. The zero-order valence-corrected chi connectivity index (χ0v) is 29.6. The van der Waals surface area contributed by atoms with Gasteiger partial charge in [-0.05, 0) is 74.6 Å². The Morgan fingerprint density at radius 2 is 1.49 bits per heavy atom. The number of hydrogen-bond donors (Lipinski definition) is 2. The molecule has 51 heavy (non-hydrogen) atoms. The maximum atomic E-state index is 14.6. The number of likely N-dealkylation sites (N-methyl/N-ethyl adjacent to an activating group) is 1. The molecule has 2 aliphatic heterocycles. The van der Waals surface area contributed by atoms with E-state index in [-0.39, 0.29) is 24.9 Å². The molecule has 5 rings (SSSR count). The zero-order chi connectivity index (χ0) is 36.5. The highest BCUT2D eigenvalue weighted by Gasteiger charge is 2.48. The van der Waals surface area contributed by atoms with Gasteiger partial charge in [0.15, 0.2) is 0 Å². The van der Waals surface area contributed by atoms with E-state index in [2.05, 4.69) is 20.7 Å². The van der Waals surface area contributed by atoms with Gasteiger partial charge in [0.25, 0.3) is 0 Å². The molecule has 0 bridgehead atoms. The molecule has 2 N–H and O–H groups in total. The molecule has 3 aromatic carbocycles. The molecule has 0 unspecified atom stereocenters. The van der Waals surface area contributed by atoms with E-state index in [1.165, 1.54) is 11.9 Å². The molecule has 3 aromatic rings. The summed E-state index contributed by atoms with van der Waals surface area (Å²) in [6.07, 6.45) is 1.66. The lowest BCUT2D eigenvalue weighted by molar-refractivity contribution is -0.144.